The summed E-state index contributed by atoms with van der Waals surface area (Å²) >= 11 is 6.22. The molecular formula is C14H22ClN. The van der Waals surface area contributed by atoms with Crippen LogP contribution in [0.2, 0.25) is 5.02 Å². The Hall–Kier alpha value is -0.530. The summed E-state index contributed by atoms with van der Waals surface area (Å²) in [6.45, 7) is 9.71. The Labute approximate surface area is 104 Å². The predicted molar refractivity (Wildman–Crippen MR) is 72.2 cm³/mol. The second kappa shape index (κ2) is 6.27. The summed E-state index contributed by atoms with van der Waals surface area (Å²) in [5, 5.41) is 4.35. The van der Waals surface area contributed by atoms with Crippen LogP contribution in [0.3, 0.4) is 0 Å². The Balaban J connectivity index is 2.52. The maximum atomic E-state index is 6.22. The molecule has 0 spiro atoms. The fourth-order valence-corrected chi connectivity index (χ4v) is 2.01. The number of aryl methyl sites for hydroxylation is 1. The maximum absolute atomic E-state index is 6.22. The van der Waals surface area contributed by atoms with E-state index >= 15 is 0 Å². The minimum absolute atomic E-state index is 0.552. The Morgan fingerprint density at radius 1 is 1.25 bits per heavy atom. The number of rotatable bonds is 5. The molecule has 0 aliphatic rings. The van der Waals surface area contributed by atoms with Gasteiger partial charge in [0.1, 0.15) is 0 Å². The van der Waals surface area contributed by atoms with E-state index < -0.39 is 0 Å². The highest BCUT2D eigenvalue weighted by Crippen LogP contribution is 2.20. The normalized spacial score (nSPS) is 13.1. The van der Waals surface area contributed by atoms with Crippen LogP contribution in [-0.2, 0) is 6.42 Å². The summed E-state index contributed by atoms with van der Waals surface area (Å²) in [6, 6.07) is 6.86. The van der Waals surface area contributed by atoms with Crippen LogP contribution in [0.1, 0.15) is 31.9 Å². The highest BCUT2D eigenvalue weighted by atomic mass is 35.5. The first-order valence-electron chi connectivity index (χ1n) is 5.97. The van der Waals surface area contributed by atoms with Crippen molar-refractivity contribution in [1.29, 1.82) is 0 Å². The molecule has 16 heavy (non-hydrogen) atoms. The van der Waals surface area contributed by atoms with Crippen molar-refractivity contribution in [3.63, 3.8) is 0 Å². The summed E-state index contributed by atoms with van der Waals surface area (Å²) in [5.41, 5.74) is 2.48. The van der Waals surface area contributed by atoms with E-state index in [-0.39, 0.29) is 0 Å². The minimum atomic E-state index is 0.552. The van der Waals surface area contributed by atoms with Crippen LogP contribution in [-0.4, -0.2) is 12.6 Å². The molecule has 0 heterocycles. The topological polar surface area (TPSA) is 12.0 Å². The Morgan fingerprint density at radius 3 is 2.50 bits per heavy atom. The molecule has 0 radical (unpaired) electrons. The molecule has 0 aromatic heterocycles. The third-order valence-corrected chi connectivity index (χ3v) is 3.00. The Kier molecular flexibility index (Phi) is 5.30. The van der Waals surface area contributed by atoms with Crippen LogP contribution in [0.4, 0.5) is 0 Å². The lowest BCUT2D eigenvalue weighted by molar-refractivity contribution is 0.476. The van der Waals surface area contributed by atoms with Gasteiger partial charge >= 0.3 is 0 Å². The van der Waals surface area contributed by atoms with Crippen molar-refractivity contribution in [3.8, 4) is 0 Å². The number of nitrogens with one attached hydrogen (secondary N) is 1. The summed E-state index contributed by atoms with van der Waals surface area (Å²) in [6.07, 6.45) is 1.04. The molecule has 0 saturated heterocycles. The molecule has 1 aromatic carbocycles. The largest absolute Gasteiger partial charge is 0.314 e. The van der Waals surface area contributed by atoms with E-state index in [0.717, 1.165) is 18.0 Å². The second-order valence-corrected chi connectivity index (χ2v) is 5.37. The Bertz CT molecular complexity index is 334. The molecule has 0 saturated carbocycles. The van der Waals surface area contributed by atoms with Gasteiger partial charge in [-0.2, -0.15) is 0 Å². The van der Waals surface area contributed by atoms with Gasteiger partial charge in [0.15, 0.2) is 0 Å². The molecule has 1 aromatic rings. The molecule has 1 atom stereocenters. The van der Waals surface area contributed by atoms with Gasteiger partial charge in [-0.25, -0.2) is 0 Å². The van der Waals surface area contributed by atoms with E-state index in [9.17, 15) is 0 Å². The average Bonchev–Trinajstić information content (AvgIpc) is 2.19. The van der Waals surface area contributed by atoms with Gasteiger partial charge in [-0.3, -0.25) is 0 Å². The average molecular weight is 240 g/mol. The van der Waals surface area contributed by atoms with Gasteiger partial charge in [0, 0.05) is 11.1 Å². The lowest BCUT2D eigenvalue weighted by atomic mass is 10.00. The van der Waals surface area contributed by atoms with Crippen molar-refractivity contribution in [2.24, 2.45) is 5.92 Å². The molecule has 2 heteroatoms. The van der Waals surface area contributed by atoms with Gasteiger partial charge in [-0.15, -0.1) is 0 Å². The molecule has 0 amide bonds. The van der Waals surface area contributed by atoms with Crippen LogP contribution in [0, 0.1) is 12.8 Å². The third kappa shape index (κ3) is 4.54. The van der Waals surface area contributed by atoms with Crippen molar-refractivity contribution < 1.29 is 0 Å². The van der Waals surface area contributed by atoms with Gasteiger partial charge < -0.3 is 5.32 Å². The van der Waals surface area contributed by atoms with E-state index in [2.05, 4.69) is 45.1 Å². The molecule has 0 fully saturated rings. The van der Waals surface area contributed by atoms with Gasteiger partial charge in [-0.05, 0) is 43.0 Å². The van der Waals surface area contributed by atoms with E-state index in [0.29, 0.717) is 12.0 Å². The van der Waals surface area contributed by atoms with Gasteiger partial charge in [0.25, 0.3) is 0 Å². The lowest BCUT2D eigenvalue weighted by Gasteiger charge is -2.15. The lowest BCUT2D eigenvalue weighted by Crippen LogP contribution is -2.28. The van der Waals surface area contributed by atoms with Crippen LogP contribution in [0.5, 0.6) is 0 Å². The zero-order chi connectivity index (χ0) is 12.1. The van der Waals surface area contributed by atoms with Crippen LogP contribution in [0.15, 0.2) is 18.2 Å². The number of hydrogen-bond donors (Lipinski definition) is 1. The molecule has 0 aliphatic heterocycles. The summed E-state index contributed by atoms with van der Waals surface area (Å²) in [5.74, 6) is 0.614. The van der Waals surface area contributed by atoms with E-state index in [1.54, 1.807) is 0 Å². The minimum Gasteiger partial charge on any atom is -0.314 e. The van der Waals surface area contributed by atoms with Gasteiger partial charge in [0.05, 0.1) is 0 Å². The number of benzene rings is 1. The SMILES string of the molecule is Cc1ccc(CC(C)CNC(C)C)c(Cl)c1. The monoisotopic (exact) mass is 239 g/mol. The highest BCUT2D eigenvalue weighted by molar-refractivity contribution is 6.31. The first-order chi connectivity index (χ1) is 7.49. The van der Waals surface area contributed by atoms with Crippen molar-refractivity contribution in [3.05, 3.63) is 34.3 Å². The van der Waals surface area contributed by atoms with E-state index in [1.807, 2.05) is 6.07 Å². The van der Waals surface area contributed by atoms with Crippen LogP contribution in [0.25, 0.3) is 0 Å². The first kappa shape index (κ1) is 13.5. The van der Waals surface area contributed by atoms with E-state index in [1.165, 1.54) is 11.1 Å². The smallest absolute Gasteiger partial charge is 0.0440 e. The third-order valence-electron chi connectivity index (χ3n) is 2.65. The molecule has 0 bridgehead atoms. The summed E-state index contributed by atoms with van der Waals surface area (Å²) < 4.78 is 0. The van der Waals surface area contributed by atoms with E-state index in [4.69, 9.17) is 11.6 Å². The zero-order valence-electron chi connectivity index (χ0n) is 10.7. The van der Waals surface area contributed by atoms with Gasteiger partial charge in [0.2, 0.25) is 0 Å². The maximum Gasteiger partial charge on any atom is 0.0440 e. The zero-order valence-corrected chi connectivity index (χ0v) is 11.4. The van der Waals surface area contributed by atoms with Crippen molar-refractivity contribution >= 4 is 11.6 Å². The van der Waals surface area contributed by atoms with Gasteiger partial charge in [-0.1, -0.05) is 44.5 Å². The van der Waals surface area contributed by atoms with Crippen molar-refractivity contribution in [1.82, 2.24) is 5.32 Å². The number of halogens is 1. The quantitative estimate of drug-likeness (QED) is 0.824. The second-order valence-electron chi connectivity index (χ2n) is 4.97. The molecule has 1 N–H and O–H groups in total. The summed E-state index contributed by atoms with van der Waals surface area (Å²) in [4.78, 5) is 0. The standard InChI is InChI=1S/C14H22ClN/c1-10(2)16-9-12(4)7-13-6-5-11(3)8-14(13)15/h5-6,8,10,12,16H,7,9H2,1-4H3. The van der Waals surface area contributed by atoms with Crippen molar-refractivity contribution in [2.75, 3.05) is 6.54 Å². The highest BCUT2D eigenvalue weighted by Gasteiger charge is 2.07. The molecule has 0 aliphatic carbocycles. The molecule has 1 unspecified atom stereocenters. The molecule has 1 rings (SSSR count). The molecule has 90 valence electrons. The molecular weight excluding hydrogens is 218 g/mol. The summed E-state index contributed by atoms with van der Waals surface area (Å²) in [7, 11) is 0. The Morgan fingerprint density at radius 2 is 1.94 bits per heavy atom. The molecule has 1 nitrogen and oxygen atoms in total. The van der Waals surface area contributed by atoms with Crippen LogP contribution >= 0.6 is 11.6 Å². The fraction of sp³-hybridized carbons (Fsp3) is 0.571. The number of hydrogen-bond acceptors (Lipinski definition) is 1. The van der Waals surface area contributed by atoms with Crippen molar-refractivity contribution in [2.45, 2.75) is 40.2 Å². The first-order valence-corrected chi connectivity index (χ1v) is 6.35. The predicted octanol–water partition coefficient (Wildman–Crippen LogP) is 3.83. The van der Waals surface area contributed by atoms with Crippen LogP contribution < -0.4 is 5.32 Å². The fourth-order valence-electron chi connectivity index (χ4n) is 1.70.